The summed E-state index contributed by atoms with van der Waals surface area (Å²) in [6.07, 6.45) is 0.0694. The Kier molecular flexibility index (Phi) is 2.34. The minimum Gasteiger partial charge on any atom is -0.489 e. The van der Waals surface area contributed by atoms with E-state index in [1.54, 1.807) is 13.0 Å². The lowest BCUT2D eigenvalue weighted by Crippen LogP contribution is -2.29. The van der Waals surface area contributed by atoms with Gasteiger partial charge in [0.15, 0.2) is 0 Å². The van der Waals surface area contributed by atoms with Crippen LogP contribution in [0.2, 0.25) is 0 Å². The van der Waals surface area contributed by atoms with Gasteiger partial charge in [0.25, 0.3) is 0 Å². The molecular formula is C11H11FO3. The maximum Gasteiger partial charge on any atom is 0.309 e. The molecule has 2 rings (SSSR count). The summed E-state index contributed by atoms with van der Waals surface area (Å²) in [4.78, 5) is 10.8. The summed E-state index contributed by atoms with van der Waals surface area (Å²) in [5, 5.41) is 8.82. The second kappa shape index (κ2) is 3.53. The first-order chi connectivity index (χ1) is 7.08. The van der Waals surface area contributed by atoms with E-state index in [1.807, 2.05) is 0 Å². The number of aliphatic carboxylic acids is 1. The van der Waals surface area contributed by atoms with Crippen LogP contribution in [-0.4, -0.2) is 17.2 Å². The van der Waals surface area contributed by atoms with Crippen molar-refractivity contribution in [2.45, 2.75) is 19.4 Å². The van der Waals surface area contributed by atoms with Crippen LogP contribution in [0.1, 0.15) is 12.5 Å². The van der Waals surface area contributed by atoms with Gasteiger partial charge in [0, 0.05) is 12.0 Å². The summed E-state index contributed by atoms with van der Waals surface area (Å²) in [6, 6.07) is 4.25. The molecule has 2 atom stereocenters. The van der Waals surface area contributed by atoms with Crippen LogP contribution in [0.3, 0.4) is 0 Å². The Labute approximate surface area is 86.5 Å². The second-order valence-electron chi connectivity index (χ2n) is 3.74. The lowest BCUT2D eigenvalue weighted by atomic mass is 10.00. The summed E-state index contributed by atoms with van der Waals surface area (Å²) < 4.78 is 18.3. The van der Waals surface area contributed by atoms with Gasteiger partial charge in [-0.1, -0.05) is 0 Å². The zero-order valence-electron chi connectivity index (χ0n) is 8.24. The van der Waals surface area contributed by atoms with Crippen molar-refractivity contribution in [2.75, 3.05) is 0 Å². The Morgan fingerprint density at radius 1 is 1.67 bits per heavy atom. The fourth-order valence-electron chi connectivity index (χ4n) is 1.68. The van der Waals surface area contributed by atoms with E-state index in [9.17, 15) is 9.18 Å². The van der Waals surface area contributed by atoms with Crippen molar-refractivity contribution in [2.24, 2.45) is 5.92 Å². The molecule has 2 unspecified atom stereocenters. The van der Waals surface area contributed by atoms with Gasteiger partial charge in [0.1, 0.15) is 17.7 Å². The van der Waals surface area contributed by atoms with Crippen molar-refractivity contribution < 1.29 is 19.0 Å². The first kappa shape index (κ1) is 9.96. The highest BCUT2D eigenvalue weighted by Crippen LogP contribution is 2.32. The predicted molar refractivity (Wildman–Crippen MR) is 51.3 cm³/mol. The maximum absolute atomic E-state index is 12.9. The lowest BCUT2D eigenvalue weighted by Gasteiger charge is -2.14. The largest absolute Gasteiger partial charge is 0.489 e. The fourth-order valence-corrected chi connectivity index (χ4v) is 1.68. The summed E-state index contributed by atoms with van der Waals surface area (Å²) in [5.74, 6) is -1.20. The molecular weight excluding hydrogens is 199 g/mol. The molecule has 0 saturated carbocycles. The normalized spacial score (nSPS) is 20.5. The zero-order chi connectivity index (χ0) is 11.0. The molecule has 0 aromatic heterocycles. The van der Waals surface area contributed by atoms with Crippen molar-refractivity contribution in [1.82, 2.24) is 0 Å². The molecule has 0 bridgehead atoms. The first-order valence-electron chi connectivity index (χ1n) is 4.76. The molecule has 1 N–H and O–H groups in total. The molecule has 1 heterocycles. The predicted octanol–water partition coefficient (Wildman–Crippen LogP) is 1.85. The number of carboxylic acid groups (broad SMARTS) is 1. The van der Waals surface area contributed by atoms with Crippen LogP contribution in [0.5, 0.6) is 5.75 Å². The second-order valence-corrected chi connectivity index (χ2v) is 3.74. The molecule has 0 amide bonds. The number of rotatable bonds is 2. The third-order valence-corrected chi connectivity index (χ3v) is 2.67. The summed E-state index contributed by atoms with van der Waals surface area (Å²) in [6.45, 7) is 1.59. The van der Waals surface area contributed by atoms with E-state index >= 15 is 0 Å². The van der Waals surface area contributed by atoms with Crippen LogP contribution in [0, 0.1) is 11.7 Å². The standard InChI is InChI=1S/C11H11FO3/c1-6(11(13)14)10-5-7-4-8(12)2-3-9(7)15-10/h2-4,6,10H,5H2,1H3,(H,13,14). The number of hydrogen-bond acceptors (Lipinski definition) is 2. The topological polar surface area (TPSA) is 46.5 Å². The van der Waals surface area contributed by atoms with Crippen LogP contribution >= 0.6 is 0 Å². The highest BCUT2D eigenvalue weighted by atomic mass is 19.1. The Bertz CT molecular complexity index is 403. The minimum atomic E-state index is -0.895. The third kappa shape index (κ3) is 1.79. The van der Waals surface area contributed by atoms with Crippen LogP contribution in [-0.2, 0) is 11.2 Å². The van der Waals surface area contributed by atoms with Gasteiger partial charge >= 0.3 is 5.97 Å². The number of carboxylic acids is 1. The van der Waals surface area contributed by atoms with Gasteiger partial charge in [-0.2, -0.15) is 0 Å². The number of halogens is 1. The molecule has 0 aliphatic carbocycles. The van der Waals surface area contributed by atoms with Crippen molar-refractivity contribution in [3.63, 3.8) is 0 Å². The monoisotopic (exact) mass is 210 g/mol. The van der Waals surface area contributed by atoms with Gasteiger partial charge < -0.3 is 9.84 Å². The van der Waals surface area contributed by atoms with E-state index in [0.717, 1.165) is 5.56 Å². The van der Waals surface area contributed by atoms with Gasteiger partial charge in [0.05, 0.1) is 5.92 Å². The minimum absolute atomic E-state index is 0.319. The van der Waals surface area contributed by atoms with E-state index in [-0.39, 0.29) is 11.9 Å². The number of ether oxygens (including phenoxy) is 1. The van der Waals surface area contributed by atoms with Crippen molar-refractivity contribution >= 4 is 5.97 Å². The highest BCUT2D eigenvalue weighted by Gasteiger charge is 2.31. The molecule has 0 fully saturated rings. The van der Waals surface area contributed by atoms with Crippen LogP contribution < -0.4 is 4.74 Å². The van der Waals surface area contributed by atoms with Crippen LogP contribution in [0.4, 0.5) is 4.39 Å². The Morgan fingerprint density at radius 2 is 2.40 bits per heavy atom. The summed E-state index contributed by atoms with van der Waals surface area (Å²) in [7, 11) is 0. The fraction of sp³-hybridized carbons (Fsp3) is 0.364. The van der Waals surface area contributed by atoms with Crippen LogP contribution in [0.25, 0.3) is 0 Å². The number of carbonyl (C=O) groups is 1. The lowest BCUT2D eigenvalue weighted by molar-refractivity contribution is -0.143. The molecule has 1 aromatic carbocycles. The zero-order valence-corrected chi connectivity index (χ0v) is 8.24. The Hall–Kier alpha value is -1.58. The molecule has 15 heavy (non-hydrogen) atoms. The summed E-state index contributed by atoms with van der Waals surface area (Å²) in [5.41, 5.74) is 0.744. The highest BCUT2D eigenvalue weighted by molar-refractivity contribution is 5.70. The number of hydrogen-bond donors (Lipinski definition) is 1. The average Bonchev–Trinajstić information content (AvgIpc) is 2.58. The number of benzene rings is 1. The molecule has 1 aliphatic heterocycles. The van der Waals surface area contributed by atoms with E-state index in [1.165, 1.54) is 12.1 Å². The molecule has 0 spiro atoms. The Balaban J connectivity index is 2.19. The van der Waals surface area contributed by atoms with Gasteiger partial charge in [-0.25, -0.2) is 4.39 Å². The third-order valence-electron chi connectivity index (χ3n) is 2.67. The Morgan fingerprint density at radius 3 is 3.07 bits per heavy atom. The molecule has 0 saturated heterocycles. The summed E-state index contributed by atoms with van der Waals surface area (Å²) >= 11 is 0. The molecule has 0 radical (unpaired) electrons. The van der Waals surface area contributed by atoms with E-state index in [4.69, 9.17) is 9.84 Å². The molecule has 1 aliphatic rings. The van der Waals surface area contributed by atoms with Crippen molar-refractivity contribution in [1.29, 1.82) is 0 Å². The molecule has 3 nitrogen and oxygen atoms in total. The SMILES string of the molecule is CC(C(=O)O)C1Cc2cc(F)ccc2O1. The maximum atomic E-state index is 12.9. The molecule has 80 valence electrons. The van der Waals surface area contributed by atoms with Gasteiger partial charge in [0.2, 0.25) is 0 Å². The van der Waals surface area contributed by atoms with Crippen LogP contribution in [0.15, 0.2) is 18.2 Å². The van der Waals surface area contributed by atoms with Crippen molar-refractivity contribution in [3.8, 4) is 5.75 Å². The van der Waals surface area contributed by atoms with E-state index in [0.29, 0.717) is 12.2 Å². The molecule has 1 aromatic rings. The van der Waals surface area contributed by atoms with E-state index < -0.39 is 11.9 Å². The quantitative estimate of drug-likeness (QED) is 0.810. The molecule has 4 heteroatoms. The van der Waals surface area contributed by atoms with Crippen molar-refractivity contribution in [3.05, 3.63) is 29.6 Å². The average molecular weight is 210 g/mol. The van der Waals surface area contributed by atoms with Gasteiger partial charge in [-0.05, 0) is 25.1 Å². The van der Waals surface area contributed by atoms with Gasteiger partial charge in [-0.15, -0.1) is 0 Å². The first-order valence-corrected chi connectivity index (χ1v) is 4.76. The smallest absolute Gasteiger partial charge is 0.309 e. The van der Waals surface area contributed by atoms with Gasteiger partial charge in [-0.3, -0.25) is 4.79 Å². The van der Waals surface area contributed by atoms with E-state index in [2.05, 4.69) is 0 Å². The number of fused-ring (bicyclic) bond motifs is 1.